The molecule has 0 amide bonds. The van der Waals surface area contributed by atoms with Gasteiger partial charge in [0.15, 0.2) is 8.32 Å². The lowest BCUT2D eigenvalue weighted by atomic mass is 9.77. The number of rotatable bonds is 4. The van der Waals surface area contributed by atoms with Crippen molar-refractivity contribution in [2.45, 2.75) is 63.0 Å². The van der Waals surface area contributed by atoms with E-state index in [2.05, 4.69) is 0 Å². The summed E-state index contributed by atoms with van der Waals surface area (Å²) in [5, 5.41) is 0.214. The van der Waals surface area contributed by atoms with Crippen molar-refractivity contribution in [2.24, 2.45) is 5.92 Å². The lowest BCUT2D eigenvalue weighted by Gasteiger charge is -2.39. The molecule has 1 aromatic heterocycles. The Bertz CT molecular complexity index is 1400. The first-order chi connectivity index (χ1) is 16.0. The zero-order valence-corrected chi connectivity index (χ0v) is 23.2. The van der Waals surface area contributed by atoms with Crippen molar-refractivity contribution in [1.82, 2.24) is 3.97 Å². The maximum absolute atomic E-state index is 14.4. The number of alkyl halides is 3. The summed E-state index contributed by atoms with van der Waals surface area (Å²) in [4.78, 5) is -0.0394. The normalized spacial score (nSPS) is 21.4. The number of fused-ring (bicyclic) bond motifs is 3. The van der Waals surface area contributed by atoms with Gasteiger partial charge in [0.25, 0.3) is 10.0 Å². The molecule has 0 aliphatic heterocycles. The third-order valence-electron chi connectivity index (χ3n) is 6.22. The second-order valence-corrected chi connectivity index (χ2v) is 17.2. The monoisotopic (exact) mass is 563 g/mol. The number of hydrogen-bond donors (Lipinski definition) is 0. The molecule has 4 rings (SSSR count). The molecule has 1 aliphatic carbocycles. The van der Waals surface area contributed by atoms with Gasteiger partial charge in [-0.15, -0.1) is 0 Å². The SMILES string of the molecule is Cc1ccc(S(=O)(=O)n2c3c(c4cc(Cl)c(Cl)cc42)C(C(F)(F)F)CC(C)C3O[Si](C)(C)C)cc1. The standard InChI is InChI=1S/C24H26Cl2F3NO3SSi/c1-13-6-8-15(9-7-13)34(31,32)30-20-12-19(26)18(25)11-16(20)21-17(24(27,28)29)10-14(2)23(22(21)30)33-35(3,4)5/h6-9,11-12,14,17,23H,10H2,1-5H3. The van der Waals surface area contributed by atoms with E-state index in [-0.39, 0.29) is 43.5 Å². The van der Waals surface area contributed by atoms with Crippen LogP contribution in [0.1, 0.15) is 42.2 Å². The van der Waals surface area contributed by atoms with Gasteiger partial charge in [-0.05, 0) is 68.7 Å². The fourth-order valence-electron chi connectivity index (χ4n) is 4.74. The van der Waals surface area contributed by atoms with Crippen molar-refractivity contribution in [3.05, 3.63) is 63.3 Å². The topological polar surface area (TPSA) is 48.3 Å². The molecule has 0 radical (unpaired) electrons. The molecular formula is C24H26Cl2F3NO3SSi. The summed E-state index contributed by atoms with van der Waals surface area (Å²) in [7, 11) is -6.61. The van der Waals surface area contributed by atoms with Gasteiger partial charge in [-0.25, -0.2) is 12.4 Å². The van der Waals surface area contributed by atoms with Crippen LogP contribution < -0.4 is 0 Å². The molecule has 0 bridgehead atoms. The van der Waals surface area contributed by atoms with Crippen LogP contribution >= 0.6 is 23.2 Å². The Kier molecular flexibility index (Phi) is 6.67. The van der Waals surface area contributed by atoms with E-state index in [1.54, 1.807) is 19.1 Å². The zero-order chi connectivity index (χ0) is 26.1. The number of aryl methyl sites for hydroxylation is 1. The molecule has 0 fully saturated rings. The van der Waals surface area contributed by atoms with Crippen molar-refractivity contribution in [3.63, 3.8) is 0 Å². The Morgan fingerprint density at radius 2 is 1.63 bits per heavy atom. The van der Waals surface area contributed by atoms with Gasteiger partial charge in [0.05, 0.1) is 38.2 Å². The highest BCUT2D eigenvalue weighted by atomic mass is 35.5. The second-order valence-electron chi connectivity index (χ2n) is 10.1. The highest BCUT2D eigenvalue weighted by Gasteiger charge is 2.51. The number of aromatic nitrogens is 1. The number of benzene rings is 2. The highest BCUT2D eigenvalue weighted by molar-refractivity contribution is 7.90. The first-order valence-corrected chi connectivity index (χ1v) is 16.7. The molecule has 3 atom stereocenters. The third kappa shape index (κ3) is 4.78. The smallest absolute Gasteiger partial charge is 0.395 e. The van der Waals surface area contributed by atoms with Crippen LogP contribution in [0.4, 0.5) is 13.2 Å². The van der Waals surface area contributed by atoms with E-state index < -0.39 is 42.5 Å². The highest BCUT2D eigenvalue weighted by Crippen LogP contribution is 2.54. The summed E-state index contributed by atoms with van der Waals surface area (Å²) < 4.78 is 78.6. The lowest BCUT2D eigenvalue weighted by molar-refractivity contribution is -0.158. The van der Waals surface area contributed by atoms with E-state index in [0.717, 1.165) is 9.54 Å². The first kappa shape index (κ1) is 26.5. The van der Waals surface area contributed by atoms with Gasteiger partial charge in [-0.3, -0.25) is 0 Å². The van der Waals surface area contributed by atoms with Crippen molar-refractivity contribution in [2.75, 3.05) is 0 Å². The summed E-state index contributed by atoms with van der Waals surface area (Å²) in [5.41, 5.74) is 0.798. The predicted molar refractivity (Wildman–Crippen MR) is 135 cm³/mol. The quantitative estimate of drug-likeness (QED) is 0.301. The van der Waals surface area contributed by atoms with E-state index in [4.69, 9.17) is 27.6 Å². The first-order valence-electron chi connectivity index (χ1n) is 11.1. The van der Waals surface area contributed by atoms with Gasteiger partial charge in [-0.2, -0.15) is 13.2 Å². The lowest BCUT2D eigenvalue weighted by Crippen LogP contribution is -2.38. The predicted octanol–water partition coefficient (Wildman–Crippen LogP) is 8.07. The molecule has 0 spiro atoms. The van der Waals surface area contributed by atoms with Crippen molar-refractivity contribution < 1.29 is 26.0 Å². The summed E-state index contributed by atoms with van der Waals surface area (Å²) in [5.74, 6) is -2.45. The van der Waals surface area contributed by atoms with Crippen LogP contribution in [0.15, 0.2) is 41.3 Å². The van der Waals surface area contributed by atoms with Crippen LogP contribution in [0.3, 0.4) is 0 Å². The zero-order valence-electron chi connectivity index (χ0n) is 19.9. The molecule has 0 N–H and O–H groups in total. The molecule has 11 heteroatoms. The molecule has 2 aromatic carbocycles. The van der Waals surface area contributed by atoms with Crippen molar-refractivity contribution in [3.8, 4) is 0 Å². The maximum Gasteiger partial charge on any atom is 0.395 e. The Hall–Kier alpha value is -1.52. The Morgan fingerprint density at radius 1 is 1.06 bits per heavy atom. The fraction of sp³-hybridized carbons (Fsp3) is 0.417. The molecule has 3 unspecified atom stereocenters. The minimum absolute atomic E-state index is 0.00223. The summed E-state index contributed by atoms with van der Waals surface area (Å²) >= 11 is 12.5. The number of hydrogen-bond acceptors (Lipinski definition) is 3. The molecule has 1 heterocycles. The minimum atomic E-state index is -4.59. The van der Waals surface area contributed by atoms with Gasteiger partial charge < -0.3 is 4.43 Å². The van der Waals surface area contributed by atoms with Gasteiger partial charge in [0.2, 0.25) is 0 Å². The van der Waals surface area contributed by atoms with Gasteiger partial charge in [0.1, 0.15) is 0 Å². The molecule has 35 heavy (non-hydrogen) atoms. The van der Waals surface area contributed by atoms with Crippen LogP contribution in [0, 0.1) is 12.8 Å². The molecule has 1 aliphatic rings. The van der Waals surface area contributed by atoms with Crippen LogP contribution in [0.2, 0.25) is 29.7 Å². The summed E-state index contributed by atoms with van der Waals surface area (Å²) in [6, 6.07) is 8.84. The largest absolute Gasteiger partial charge is 0.409 e. The van der Waals surface area contributed by atoms with E-state index in [1.807, 2.05) is 26.6 Å². The van der Waals surface area contributed by atoms with E-state index >= 15 is 0 Å². The molecule has 0 saturated carbocycles. The Labute approximate surface area is 214 Å². The van der Waals surface area contributed by atoms with Crippen molar-refractivity contribution >= 4 is 52.4 Å². The van der Waals surface area contributed by atoms with Gasteiger partial charge in [0, 0.05) is 5.39 Å². The number of halogens is 5. The Balaban J connectivity index is 2.18. The van der Waals surface area contributed by atoms with E-state index in [9.17, 15) is 21.6 Å². The molecular weight excluding hydrogens is 538 g/mol. The number of nitrogens with zero attached hydrogens (tertiary/aromatic N) is 1. The van der Waals surface area contributed by atoms with E-state index in [1.165, 1.54) is 24.3 Å². The van der Waals surface area contributed by atoms with Gasteiger partial charge in [-0.1, -0.05) is 47.8 Å². The average Bonchev–Trinajstić information content (AvgIpc) is 3.03. The molecule has 4 nitrogen and oxygen atoms in total. The fourth-order valence-corrected chi connectivity index (χ4v) is 7.73. The minimum Gasteiger partial charge on any atom is -0.409 e. The average molecular weight is 565 g/mol. The summed E-state index contributed by atoms with van der Waals surface area (Å²) in [6.45, 7) is 9.25. The van der Waals surface area contributed by atoms with Crippen LogP contribution in [0.25, 0.3) is 10.9 Å². The van der Waals surface area contributed by atoms with Crippen LogP contribution in [0.5, 0.6) is 0 Å². The maximum atomic E-state index is 14.4. The van der Waals surface area contributed by atoms with Crippen LogP contribution in [-0.2, 0) is 14.4 Å². The van der Waals surface area contributed by atoms with Gasteiger partial charge >= 0.3 is 6.18 Å². The van der Waals surface area contributed by atoms with Crippen LogP contribution in [-0.4, -0.2) is 26.9 Å². The second kappa shape index (κ2) is 8.80. The Morgan fingerprint density at radius 3 is 2.17 bits per heavy atom. The van der Waals surface area contributed by atoms with Crippen molar-refractivity contribution in [1.29, 1.82) is 0 Å². The molecule has 3 aromatic rings. The molecule has 190 valence electrons. The molecule has 0 saturated heterocycles. The van der Waals surface area contributed by atoms with E-state index in [0.29, 0.717) is 0 Å². The third-order valence-corrected chi connectivity index (χ3v) is 9.64. The summed E-state index contributed by atoms with van der Waals surface area (Å²) in [6.07, 6.45) is -5.66.